The Morgan fingerprint density at radius 2 is 1.86 bits per heavy atom. The number of halogens is 4. The molecule has 1 unspecified atom stereocenters. The van der Waals surface area contributed by atoms with Crippen LogP contribution < -0.4 is 5.73 Å². The molecule has 3 nitrogen and oxygen atoms in total. The maximum absolute atomic E-state index is 12.5. The van der Waals surface area contributed by atoms with E-state index in [0.717, 1.165) is 31.4 Å². The van der Waals surface area contributed by atoms with E-state index in [1.54, 1.807) is 4.90 Å². The van der Waals surface area contributed by atoms with Crippen molar-refractivity contribution in [2.45, 2.75) is 37.9 Å². The molecule has 0 radical (unpaired) electrons. The summed E-state index contributed by atoms with van der Waals surface area (Å²) in [6, 6.07) is 4.81. The van der Waals surface area contributed by atoms with Crippen molar-refractivity contribution in [3.8, 4) is 0 Å². The minimum Gasteiger partial charge on any atom is -0.338 e. The van der Waals surface area contributed by atoms with Gasteiger partial charge in [0, 0.05) is 19.1 Å². The van der Waals surface area contributed by atoms with E-state index in [4.69, 9.17) is 5.73 Å². The predicted octanol–water partition coefficient (Wildman–Crippen LogP) is 3.01. The molecule has 1 amide bonds. The summed E-state index contributed by atoms with van der Waals surface area (Å²) in [5.41, 5.74) is 5.57. The largest absolute Gasteiger partial charge is 0.416 e. The lowest BCUT2D eigenvalue weighted by molar-refractivity contribution is -0.137. The Balaban J connectivity index is 0.00000242. The highest BCUT2D eigenvalue weighted by molar-refractivity contribution is 5.85. The zero-order valence-corrected chi connectivity index (χ0v) is 12.9. The van der Waals surface area contributed by atoms with Gasteiger partial charge in [-0.3, -0.25) is 4.79 Å². The second-order valence-electron chi connectivity index (χ2n) is 5.34. The second kappa shape index (κ2) is 7.83. The molecule has 22 heavy (non-hydrogen) atoms. The number of piperidine rings is 1. The molecule has 0 aromatic heterocycles. The van der Waals surface area contributed by atoms with Gasteiger partial charge >= 0.3 is 6.18 Å². The van der Waals surface area contributed by atoms with E-state index in [2.05, 4.69) is 0 Å². The number of nitrogens with two attached hydrogens (primary N) is 1. The third-order valence-electron chi connectivity index (χ3n) is 3.86. The summed E-state index contributed by atoms with van der Waals surface area (Å²) in [6.07, 6.45) is -1.31. The lowest BCUT2D eigenvalue weighted by Crippen LogP contribution is -2.48. The fourth-order valence-electron chi connectivity index (χ4n) is 2.66. The van der Waals surface area contributed by atoms with Crippen LogP contribution in [0.4, 0.5) is 13.2 Å². The molecule has 1 heterocycles. The summed E-state index contributed by atoms with van der Waals surface area (Å²) >= 11 is 0. The Bertz CT molecular complexity index is 491. The van der Waals surface area contributed by atoms with Crippen LogP contribution in [0.1, 0.15) is 30.4 Å². The summed E-state index contributed by atoms with van der Waals surface area (Å²) in [4.78, 5) is 14.0. The van der Waals surface area contributed by atoms with Gasteiger partial charge in [-0.1, -0.05) is 12.1 Å². The van der Waals surface area contributed by atoms with E-state index in [9.17, 15) is 18.0 Å². The zero-order valence-electron chi connectivity index (χ0n) is 12.1. The minimum absolute atomic E-state index is 0. The van der Waals surface area contributed by atoms with Crippen molar-refractivity contribution in [1.82, 2.24) is 4.90 Å². The van der Waals surface area contributed by atoms with E-state index in [1.807, 2.05) is 0 Å². The Kier molecular flexibility index (Phi) is 6.68. The fraction of sp³-hybridized carbons (Fsp3) is 0.533. The number of benzene rings is 1. The number of nitrogens with zero attached hydrogens (tertiary/aromatic N) is 1. The van der Waals surface area contributed by atoms with Crippen LogP contribution in [0.5, 0.6) is 0 Å². The number of hydrogen-bond donors (Lipinski definition) is 1. The average Bonchev–Trinajstić information content (AvgIpc) is 2.46. The third kappa shape index (κ3) is 4.61. The smallest absolute Gasteiger partial charge is 0.338 e. The molecule has 0 saturated carbocycles. The molecular formula is C15H20ClF3N2O. The maximum Gasteiger partial charge on any atom is 0.416 e. The van der Waals surface area contributed by atoms with Crippen LogP contribution in [0, 0.1) is 0 Å². The Morgan fingerprint density at radius 3 is 2.41 bits per heavy atom. The van der Waals surface area contributed by atoms with Crippen LogP contribution >= 0.6 is 12.4 Å². The van der Waals surface area contributed by atoms with Gasteiger partial charge in [0.15, 0.2) is 0 Å². The topological polar surface area (TPSA) is 46.3 Å². The monoisotopic (exact) mass is 336 g/mol. The SMILES string of the molecule is Cl.NCC1CCCCN1C(=O)Cc1ccc(C(F)(F)F)cc1. The molecule has 1 aromatic carbocycles. The van der Waals surface area contributed by atoms with Crippen LogP contribution in [-0.2, 0) is 17.4 Å². The first kappa shape index (κ1) is 18.8. The molecule has 0 spiro atoms. The highest BCUT2D eigenvalue weighted by Crippen LogP contribution is 2.29. The molecule has 1 aliphatic heterocycles. The lowest BCUT2D eigenvalue weighted by atomic mass is 10.0. The highest BCUT2D eigenvalue weighted by atomic mass is 35.5. The van der Waals surface area contributed by atoms with Gasteiger partial charge in [-0.2, -0.15) is 13.2 Å². The normalized spacial score (nSPS) is 18.7. The van der Waals surface area contributed by atoms with Crippen molar-refractivity contribution < 1.29 is 18.0 Å². The van der Waals surface area contributed by atoms with Crippen LogP contribution in [-0.4, -0.2) is 29.9 Å². The number of amides is 1. The molecule has 1 fully saturated rings. The Hall–Kier alpha value is -1.27. The van der Waals surface area contributed by atoms with E-state index in [0.29, 0.717) is 18.7 Å². The van der Waals surface area contributed by atoms with Gasteiger partial charge < -0.3 is 10.6 Å². The summed E-state index contributed by atoms with van der Waals surface area (Å²) in [5, 5.41) is 0. The zero-order chi connectivity index (χ0) is 15.5. The van der Waals surface area contributed by atoms with Crippen molar-refractivity contribution in [2.75, 3.05) is 13.1 Å². The van der Waals surface area contributed by atoms with Gasteiger partial charge in [0.1, 0.15) is 0 Å². The van der Waals surface area contributed by atoms with E-state index < -0.39 is 11.7 Å². The van der Waals surface area contributed by atoms with Crippen molar-refractivity contribution in [3.63, 3.8) is 0 Å². The van der Waals surface area contributed by atoms with Gasteiger partial charge in [-0.15, -0.1) is 12.4 Å². The summed E-state index contributed by atoms with van der Waals surface area (Å²) < 4.78 is 37.4. The van der Waals surface area contributed by atoms with Gasteiger partial charge in [0.05, 0.1) is 12.0 Å². The molecule has 7 heteroatoms. The molecule has 0 aliphatic carbocycles. The van der Waals surface area contributed by atoms with Gasteiger partial charge in [-0.25, -0.2) is 0 Å². The molecule has 1 atom stereocenters. The number of rotatable bonds is 3. The number of carbonyl (C=O) groups is 1. The molecule has 2 rings (SSSR count). The van der Waals surface area contributed by atoms with Crippen LogP contribution in [0.3, 0.4) is 0 Å². The third-order valence-corrected chi connectivity index (χ3v) is 3.86. The molecule has 1 aromatic rings. The first-order chi connectivity index (χ1) is 9.91. The molecule has 124 valence electrons. The van der Waals surface area contributed by atoms with Crippen molar-refractivity contribution in [3.05, 3.63) is 35.4 Å². The first-order valence-electron chi connectivity index (χ1n) is 7.07. The number of carbonyl (C=O) groups excluding carboxylic acids is 1. The summed E-state index contributed by atoms with van der Waals surface area (Å²) in [7, 11) is 0. The summed E-state index contributed by atoms with van der Waals surface area (Å²) in [6.45, 7) is 1.11. The fourth-order valence-corrected chi connectivity index (χ4v) is 2.66. The van der Waals surface area contributed by atoms with Gasteiger partial charge in [0.2, 0.25) is 5.91 Å². The lowest BCUT2D eigenvalue weighted by Gasteiger charge is -2.35. The Morgan fingerprint density at radius 1 is 1.23 bits per heavy atom. The molecule has 1 saturated heterocycles. The van der Waals surface area contributed by atoms with E-state index >= 15 is 0 Å². The van der Waals surface area contributed by atoms with E-state index in [-0.39, 0.29) is 30.8 Å². The molecule has 1 aliphatic rings. The number of alkyl halides is 3. The van der Waals surface area contributed by atoms with Gasteiger partial charge in [0.25, 0.3) is 0 Å². The van der Waals surface area contributed by atoms with Crippen LogP contribution in [0.2, 0.25) is 0 Å². The Labute approximate surface area is 134 Å². The summed E-state index contributed by atoms with van der Waals surface area (Å²) in [5.74, 6) is -0.0649. The standard InChI is InChI=1S/C15H19F3N2O.ClH/c16-15(17,18)12-6-4-11(5-7-12)9-14(21)20-8-2-1-3-13(20)10-19;/h4-7,13H,1-3,8-10,19H2;1H. The maximum atomic E-state index is 12.5. The van der Waals surface area contributed by atoms with Gasteiger partial charge in [-0.05, 0) is 37.0 Å². The molecule has 2 N–H and O–H groups in total. The molecule has 0 bridgehead atoms. The highest BCUT2D eigenvalue weighted by Gasteiger charge is 2.30. The molecular weight excluding hydrogens is 317 g/mol. The first-order valence-corrected chi connectivity index (χ1v) is 7.07. The van der Waals surface area contributed by atoms with Crippen molar-refractivity contribution in [1.29, 1.82) is 0 Å². The quantitative estimate of drug-likeness (QED) is 0.922. The van der Waals surface area contributed by atoms with Crippen molar-refractivity contribution in [2.24, 2.45) is 5.73 Å². The van der Waals surface area contributed by atoms with Crippen molar-refractivity contribution >= 4 is 18.3 Å². The minimum atomic E-state index is -4.35. The second-order valence-corrected chi connectivity index (χ2v) is 5.34. The number of hydrogen-bond acceptors (Lipinski definition) is 2. The predicted molar refractivity (Wildman–Crippen MR) is 80.8 cm³/mol. The average molecular weight is 337 g/mol. The number of likely N-dealkylation sites (tertiary alicyclic amines) is 1. The van der Waals surface area contributed by atoms with E-state index in [1.165, 1.54) is 12.1 Å². The van der Waals surface area contributed by atoms with Crippen LogP contribution in [0.15, 0.2) is 24.3 Å². The van der Waals surface area contributed by atoms with Crippen LogP contribution in [0.25, 0.3) is 0 Å².